The summed E-state index contributed by atoms with van der Waals surface area (Å²) in [6, 6.07) is 10.0. The number of hydrogen-bond donors (Lipinski definition) is 3. The number of amides is 1. The Kier molecular flexibility index (Phi) is 6.46. The highest BCUT2D eigenvalue weighted by Crippen LogP contribution is 2.57. The first-order valence-corrected chi connectivity index (χ1v) is 12.0. The van der Waals surface area contributed by atoms with E-state index in [1.165, 1.54) is 0 Å². The van der Waals surface area contributed by atoms with Crippen LogP contribution in [-0.4, -0.2) is 34.4 Å². The third kappa shape index (κ3) is 3.78. The number of rotatable bonds is 2. The lowest BCUT2D eigenvalue weighted by Crippen LogP contribution is -2.59. The van der Waals surface area contributed by atoms with Gasteiger partial charge in [0.2, 0.25) is 5.91 Å². The zero-order chi connectivity index (χ0) is 23.0. The highest BCUT2D eigenvalue weighted by Gasteiger charge is 2.67. The summed E-state index contributed by atoms with van der Waals surface area (Å²) in [4.78, 5) is 13.8. The molecule has 4 heteroatoms. The molecule has 3 N–H and O–H groups in total. The van der Waals surface area contributed by atoms with Crippen LogP contribution >= 0.6 is 0 Å². The molecule has 1 amide bonds. The van der Waals surface area contributed by atoms with E-state index in [2.05, 4.69) is 44.0 Å². The van der Waals surface area contributed by atoms with Gasteiger partial charge in [-0.15, -0.1) is 0 Å². The number of carbonyl (C=O) groups is 1. The lowest BCUT2D eigenvalue weighted by Gasteiger charge is -2.51. The van der Waals surface area contributed by atoms with E-state index in [0.717, 1.165) is 24.0 Å². The number of hydrogen-bond acceptors (Lipinski definition) is 3. The van der Waals surface area contributed by atoms with Crippen molar-refractivity contribution in [2.24, 2.45) is 35.0 Å². The van der Waals surface area contributed by atoms with Gasteiger partial charge < -0.3 is 15.5 Å². The van der Waals surface area contributed by atoms with Gasteiger partial charge in [-0.2, -0.15) is 0 Å². The predicted octanol–water partition coefficient (Wildman–Crippen LogP) is 4.05. The quantitative estimate of drug-likeness (QED) is 0.614. The summed E-state index contributed by atoms with van der Waals surface area (Å²) >= 11 is 0. The van der Waals surface area contributed by atoms with Gasteiger partial charge in [0.15, 0.2) is 0 Å². The Balaban J connectivity index is 1.83. The zero-order valence-corrected chi connectivity index (χ0v) is 19.4. The van der Waals surface area contributed by atoms with Gasteiger partial charge in [0.1, 0.15) is 0 Å². The molecule has 1 spiro atoms. The molecule has 1 saturated heterocycles. The lowest BCUT2D eigenvalue weighted by molar-refractivity contribution is -0.147. The molecule has 4 nitrogen and oxygen atoms in total. The molecule has 32 heavy (non-hydrogen) atoms. The Morgan fingerprint density at radius 3 is 2.53 bits per heavy atom. The number of aliphatic hydroxyl groups is 2. The smallest absolute Gasteiger partial charge is 0.230 e. The summed E-state index contributed by atoms with van der Waals surface area (Å²) < 4.78 is 0. The number of nitrogens with one attached hydrogen (secondary N) is 1. The number of aliphatic hydroxyl groups excluding tert-OH is 2. The molecular weight excluding hydrogens is 398 g/mol. The van der Waals surface area contributed by atoms with Gasteiger partial charge in [0, 0.05) is 17.9 Å². The van der Waals surface area contributed by atoms with Crippen LogP contribution in [0.15, 0.2) is 66.8 Å². The number of carbonyl (C=O) groups excluding carboxylic acids is 1. The first kappa shape index (κ1) is 23.0. The third-order valence-corrected chi connectivity index (χ3v) is 8.16. The second kappa shape index (κ2) is 8.99. The molecule has 1 heterocycles. The van der Waals surface area contributed by atoms with Gasteiger partial charge in [-0.25, -0.2) is 0 Å². The maximum Gasteiger partial charge on any atom is 0.230 e. The van der Waals surface area contributed by atoms with Gasteiger partial charge in [-0.05, 0) is 48.2 Å². The first-order chi connectivity index (χ1) is 15.3. The Hall–Kier alpha value is -2.17. The Morgan fingerprint density at radius 1 is 1.09 bits per heavy atom. The second-order valence-electron chi connectivity index (χ2n) is 10.4. The third-order valence-electron chi connectivity index (χ3n) is 8.16. The summed E-state index contributed by atoms with van der Waals surface area (Å²) in [6.07, 6.45) is 8.69. The van der Waals surface area contributed by atoms with E-state index in [1.54, 1.807) is 0 Å². The Morgan fingerprint density at radius 2 is 1.81 bits per heavy atom. The van der Waals surface area contributed by atoms with Crippen LogP contribution in [0.5, 0.6) is 0 Å². The van der Waals surface area contributed by atoms with Crippen molar-refractivity contribution < 1.29 is 15.0 Å². The van der Waals surface area contributed by atoms with Crippen molar-refractivity contribution in [2.45, 2.75) is 58.3 Å². The van der Waals surface area contributed by atoms with E-state index in [-0.39, 0.29) is 23.8 Å². The number of allylic oxidation sites excluding steroid dienone is 2. The predicted molar refractivity (Wildman–Crippen MR) is 128 cm³/mol. The molecule has 0 aromatic heterocycles. The first-order valence-electron chi connectivity index (χ1n) is 12.0. The summed E-state index contributed by atoms with van der Waals surface area (Å²) in [7, 11) is 0. The van der Waals surface area contributed by atoms with Crippen LogP contribution in [-0.2, 0) is 11.2 Å². The summed E-state index contributed by atoms with van der Waals surface area (Å²) in [5, 5.41) is 26.2. The molecule has 1 unspecified atom stereocenters. The standard InChI is InChI=1S/C28H37NO3/c1-17-9-8-12-22-26(31)20(4)19(3)25-23(16-21-10-6-5-7-11-21)29-27(32)28(22,25)24(30)14-13-18(2)15-17/h5-8,10-14,17-19,22-26,30-31H,4,9,15-16H2,1-3H3,(H,29,32)/b12-8+,14-13+/t17?,18-,19-,22+,23+,24-,25+,26-,28-/m1/s1. The molecule has 3 aliphatic rings. The van der Waals surface area contributed by atoms with Crippen molar-refractivity contribution in [2.75, 3.05) is 0 Å². The second-order valence-corrected chi connectivity index (χ2v) is 10.4. The van der Waals surface area contributed by atoms with Crippen LogP contribution in [0.25, 0.3) is 0 Å². The molecule has 2 aliphatic carbocycles. The molecule has 4 rings (SSSR count). The minimum absolute atomic E-state index is 0.105. The Labute approximate surface area is 192 Å². The highest BCUT2D eigenvalue weighted by molar-refractivity contribution is 5.88. The van der Waals surface area contributed by atoms with Crippen molar-refractivity contribution in [3.63, 3.8) is 0 Å². The van der Waals surface area contributed by atoms with Crippen LogP contribution in [0.1, 0.15) is 39.2 Å². The van der Waals surface area contributed by atoms with Crippen molar-refractivity contribution in [1.82, 2.24) is 5.32 Å². The van der Waals surface area contributed by atoms with Crippen molar-refractivity contribution in [1.29, 1.82) is 0 Å². The molecule has 172 valence electrons. The molecule has 1 aromatic carbocycles. The fraction of sp³-hybridized carbons (Fsp3) is 0.536. The largest absolute Gasteiger partial charge is 0.388 e. The van der Waals surface area contributed by atoms with Gasteiger partial charge in [-0.3, -0.25) is 4.79 Å². The molecular formula is C28H37NO3. The molecule has 1 aliphatic heterocycles. The highest BCUT2D eigenvalue weighted by atomic mass is 16.3. The minimum atomic E-state index is -1.13. The summed E-state index contributed by atoms with van der Waals surface area (Å²) in [6.45, 7) is 10.7. The minimum Gasteiger partial charge on any atom is -0.388 e. The van der Waals surface area contributed by atoms with Crippen LogP contribution < -0.4 is 5.32 Å². The Bertz CT molecular complexity index is 907. The lowest BCUT2D eigenvalue weighted by atomic mass is 9.51. The average molecular weight is 436 g/mol. The molecule has 1 saturated carbocycles. The van der Waals surface area contributed by atoms with Crippen LogP contribution in [0.4, 0.5) is 0 Å². The van der Waals surface area contributed by atoms with Crippen LogP contribution in [0, 0.1) is 35.0 Å². The van der Waals surface area contributed by atoms with Crippen molar-refractivity contribution >= 4 is 5.91 Å². The van der Waals surface area contributed by atoms with E-state index in [1.807, 2.05) is 43.4 Å². The zero-order valence-electron chi connectivity index (χ0n) is 19.4. The fourth-order valence-electron chi connectivity index (χ4n) is 6.56. The normalized spacial score (nSPS) is 44.0. The van der Waals surface area contributed by atoms with Crippen molar-refractivity contribution in [3.05, 3.63) is 72.4 Å². The monoisotopic (exact) mass is 435 g/mol. The molecule has 9 atom stereocenters. The van der Waals surface area contributed by atoms with Gasteiger partial charge >= 0.3 is 0 Å². The summed E-state index contributed by atoms with van der Waals surface area (Å²) in [5.41, 5.74) is 0.775. The van der Waals surface area contributed by atoms with Gasteiger partial charge in [-0.1, -0.05) is 82.0 Å². The molecule has 2 fully saturated rings. The topological polar surface area (TPSA) is 69.6 Å². The van der Waals surface area contributed by atoms with Crippen LogP contribution in [0.3, 0.4) is 0 Å². The molecule has 0 bridgehead atoms. The van der Waals surface area contributed by atoms with E-state index >= 15 is 0 Å². The van der Waals surface area contributed by atoms with Gasteiger partial charge in [0.05, 0.1) is 17.6 Å². The number of benzene rings is 1. The molecule has 1 aromatic rings. The van der Waals surface area contributed by atoms with E-state index < -0.39 is 23.5 Å². The van der Waals surface area contributed by atoms with E-state index in [4.69, 9.17) is 0 Å². The fourth-order valence-corrected chi connectivity index (χ4v) is 6.56. The SMILES string of the molecule is C=C1[C@@H](C)[C@H]2[C@H](Cc3ccccc3)NC(=O)[C@]23[C@H](O)/C=C/[C@@H](C)CC(C)C/C=C/[C@H]3[C@@H]1O. The summed E-state index contributed by atoms with van der Waals surface area (Å²) in [5.74, 6) is -0.157. The van der Waals surface area contributed by atoms with Gasteiger partial charge in [0.25, 0.3) is 0 Å². The average Bonchev–Trinajstić information content (AvgIpc) is 3.04. The maximum absolute atomic E-state index is 13.8. The maximum atomic E-state index is 13.8. The van der Waals surface area contributed by atoms with E-state index in [0.29, 0.717) is 18.3 Å². The van der Waals surface area contributed by atoms with E-state index in [9.17, 15) is 15.0 Å². The van der Waals surface area contributed by atoms with Crippen molar-refractivity contribution in [3.8, 4) is 0 Å². The molecule has 0 radical (unpaired) electrons. The van der Waals surface area contributed by atoms with Crippen LogP contribution in [0.2, 0.25) is 0 Å².